The number of piperazine rings is 1. The standard InChI is InChI=1S/C68H89ClFN15O13/c1-48-65-53(8-6-10-59(65)85(80-48)47-63(88)73-43-61(86)74-44-64(89)91-3)55-40-60-50(39-57(55)70)41-76-84(60)45-49-15-18-82(19-16-49)46-62(87)72-17-25-92-27-29-94-31-33-96-35-37-98-38-36-97-34-32-95-30-28-93-26-24-81-20-22-83(23-21-81)52-13-11-51(12-14-52)77-68-75-42-56(69)66(79-68)78-58-9-5-4-7-54(58)67(90)71-2/h4-14,39-42,49H,15-38,43-47H2,1-3H3,(H,71,90)(H,72,87)(H,73,88)(H,74,86)(H2,75,77,78,79). The van der Waals surface area contributed by atoms with Crippen LogP contribution in [0, 0.1) is 18.7 Å². The van der Waals surface area contributed by atoms with E-state index >= 15 is 4.39 Å². The van der Waals surface area contributed by atoms with Crippen LogP contribution in [0.15, 0.2) is 91.3 Å². The number of hydrogen-bond donors (Lipinski definition) is 6. The van der Waals surface area contributed by atoms with Crippen LogP contribution in [0.2, 0.25) is 5.02 Å². The van der Waals surface area contributed by atoms with Crippen molar-refractivity contribution in [1.29, 1.82) is 0 Å². The molecule has 28 nitrogen and oxygen atoms in total. The van der Waals surface area contributed by atoms with Gasteiger partial charge in [-0.1, -0.05) is 35.9 Å². The van der Waals surface area contributed by atoms with Crippen molar-refractivity contribution in [2.45, 2.75) is 32.9 Å². The Morgan fingerprint density at radius 1 is 0.622 bits per heavy atom. The van der Waals surface area contributed by atoms with Crippen LogP contribution in [0.1, 0.15) is 28.9 Å². The molecule has 0 atom stereocenters. The molecule has 2 aliphatic rings. The zero-order valence-corrected chi connectivity index (χ0v) is 56.6. The molecule has 2 aliphatic heterocycles. The highest BCUT2D eigenvalue weighted by Crippen LogP contribution is 2.36. The number of ether oxygens (including phenoxy) is 8. The highest BCUT2D eigenvalue weighted by atomic mass is 35.5. The molecule has 30 heteroatoms. The SMILES string of the molecule is CNC(=O)c1ccccc1Nc1nc(Nc2ccc(N3CCN(CCOCCOCCOCCOCCOCCOCCOCCNC(=O)CN4CCC(Cn5ncc6cc(F)c(-c7cccc8c7c(C)nn8CC(=O)NCC(=O)NCC(=O)OC)cc65)CC4)CC3)cc2)ncc1Cl. The molecule has 0 radical (unpaired) electrons. The minimum Gasteiger partial charge on any atom is -0.468 e. The maximum atomic E-state index is 15.9. The number of carbonyl (C=O) groups is 5. The molecule has 7 aromatic rings. The fraction of sp³-hybridized carbons (Fsp3) is 0.485. The number of nitrogens with zero attached hydrogens (tertiary/aromatic N) is 9. The zero-order valence-electron chi connectivity index (χ0n) is 55.8. The number of piperidine rings is 1. The summed E-state index contributed by atoms with van der Waals surface area (Å²) in [5, 5.41) is 27.8. The maximum absolute atomic E-state index is 15.9. The number of likely N-dealkylation sites (tertiary alicyclic amines) is 1. The molecule has 5 heterocycles. The lowest BCUT2D eigenvalue weighted by Crippen LogP contribution is -2.47. The Morgan fingerprint density at radius 3 is 1.92 bits per heavy atom. The number of hydrogen-bond acceptors (Lipinski definition) is 22. The molecule has 4 amide bonds. The molecular formula is C68H89ClFN15O13. The molecule has 4 aromatic carbocycles. The van der Waals surface area contributed by atoms with Crippen LogP contribution >= 0.6 is 11.6 Å². The molecule has 528 valence electrons. The van der Waals surface area contributed by atoms with Crippen molar-refractivity contribution < 1.29 is 66.3 Å². The van der Waals surface area contributed by atoms with Gasteiger partial charge in [-0.15, -0.1) is 0 Å². The Labute approximate surface area is 573 Å². The van der Waals surface area contributed by atoms with Gasteiger partial charge in [0, 0.05) is 80.6 Å². The number of esters is 1. The van der Waals surface area contributed by atoms with Crippen LogP contribution in [0.4, 0.5) is 33.2 Å². The number of amides is 4. The first kappa shape index (κ1) is 73.7. The summed E-state index contributed by atoms with van der Waals surface area (Å²) < 4.78 is 63.4. The number of rotatable bonds is 41. The molecular weight excluding hydrogens is 1290 g/mol. The lowest BCUT2D eigenvalue weighted by molar-refractivity contribution is -0.141. The van der Waals surface area contributed by atoms with E-state index in [-0.39, 0.29) is 31.4 Å². The number of halogens is 2. The van der Waals surface area contributed by atoms with Crippen molar-refractivity contribution in [3.63, 3.8) is 0 Å². The third-order valence-electron chi connectivity index (χ3n) is 16.5. The van der Waals surface area contributed by atoms with Gasteiger partial charge in [0.1, 0.15) is 23.9 Å². The van der Waals surface area contributed by atoms with Gasteiger partial charge in [0.05, 0.1) is 153 Å². The van der Waals surface area contributed by atoms with Gasteiger partial charge in [0.15, 0.2) is 5.82 Å². The third kappa shape index (κ3) is 22.8. The second kappa shape index (κ2) is 39.2. The monoisotopic (exact) mass is 1380 g/mol. The van der Waals surface area contributed by atoms with E-state index in [4.69, 9.17) is 44.8 Å². The minimum atomic E-state index is -0.609. The van der Waals surface area contributed by atoms with Crippen molar-refractivity contribution in [1.82, 2.24) is 60.6 Å². The summed E-state index contributed by atoms with van der Waals surface area (Å²) in [6.45, 7) is 14.9. The predicted molar refractivity (Wildman–Crippen MR) is 368 cm³/mol. The molecule has 2 saturated heterocycles. The summed E-state index contributed by atoms with van der Waals surface area (Å²) >= 11 is 6.41. The Morgan fingerprint density at radius 2 is 1.26 bits per heavy atom. The number of nitrogens with one attached hydrogen (secondary N) is 6. The van der Waals surface area contributed by atoms with E-state index in [1.54, 1.807) is 44.4 Å². The Bertz CT molecular complexity index is 3700. The molecule has 2 fully saturated rings. The van der Waals surface area contributed by atoms with E-state index in [1.165, 1.54) is 24.1 Å². The van der Waals surface area contributed by atoms with Crippen LogP contribution in [0.3, 0.4) is 0 Å². The van der Waals surface area contributed by atoms with Gasteiger partial charge in [-0.25, -0.2) is 9.37 Å². The topological polar surface area (TPSA) is 303 Å². The molecule has 0 saturated carbocycles. The highest BCUT2D eigenvalue weighted by molar-refractivity contribution is 6.33. The van der Waals surface area contributed by atoms with E-state index in [1.807, 2.05) is 41.1 Å². The number of carbonyl (C=O) groups excluding carboxylic acids is 5. The van der Waals surface area contributed by atoms with Crippen LogP contribution < -0.4 is 36.8 Å². The summed E-state index contributed by atoms with van der Waals surface area (Å²) in [6, 6.07) is 24.0. The Kier molecular flexibility index (Phi) is 29.5. The molecule has 98 heavy (non-hydrogen) atoms. The van der Waals surface area contributed by atoms with Gasteiger partial charge in [-0.3, -0.25) is 43.1 Å². The quantitative estimate of drug-likeness (QED) is 0.0218. The Balaban J connectivity index is 0.523. The fourth-order valence-electron chi connectivity index (χ4n) is 11.3. The number of anilines is 5. The van der Waals surface area contributed by atoms with Crippen LogP contribution in [-0.2, 0) is 70.2 Å². The minimum absolute atomic E-state index is 0.0561. The third-order valence-corrected chi connectivity index (χ3v) is 16.8. The largest absolute Gasteiger partial charge is 0.468 e. The Hall–Kier alpha value is -8.49. The van der Waals surface area contributed by atoms with E-state index in [0.717, 1.165) is 75.5 Å². The fourth-order valence-corrected chi connectivity index (χ4v) is 11.4. The number of fused-ring (bicyclic) bond motifs is 2. The average molecular weight is 1380 g/mol. The first-order chi connectivity index (χ1) is 47.8. The van der Waals surface area contributed by atoms with Crippen molar-refractivity contribution in [2.24, 2.45) is 5.92 Å². The first-order valence-electron chi connectivity index (χ1n) is 33.0. The smallest absolute Gasteiger partial charge is 0.325 e. The first-order valence-corrected chi connectivity index (χ1v) is 33.4. The molecule has 0 spiro atoms. The van der Waals surface area contributed by atoms with Crippen molar-refractivity contribution in [3.05, 3.63) is 113 Å². The molecule has 0 bridgehead atoms. The number of aromatic nitrogens is 6. The van der Waals surface area contributed by atoms with Gasteiger partial charge in [-0.2, -0.15) is 15.2 Å². The van der Waals surface area contributed by atoms with Gasteiger partial charge >= 0.3 is 5.97 Å². The van der Waals surface area contributed by atoms with Gasteiger partial charge in [0.25, 0.3) is 5.91 Å². The van der Waals surface area contributed by atoms with Crippen LogP contribution in [0.25, 0.3) is 32.9 Å². The van der Waals surface area contributed by atoms with Crippen LogP contribution in [0.5, 0.6) is 0 Å². The van der Waals surface area contributed by atoms with E-state index < -0.39 is 23.6 Å². The highest BCUT2D eigenvalue weighted by Gasteiger charge is 2.25. The van der Waals surface area contributed by atoms with E-state index in [9.17, 15) is 24.0 Å². The van der Waals surface area contributed by atoms with Crippen molar-refractivity contribution >= 4 is 91.8 Å². The van der Waals surface area contributed by atoms with Gasteiger partial charge in [0.2, 0.25) is 23.7 Å². The lowest BCUT2D eigenvalue weighted by atomic mass is 9.96. The maximum Gasteiger partial charge on any atom is 0.325 e. The normalized spacial score (nSPS) is 13.8. The van der Waals surface area contributed by atoms with Crippen molar-refractivity contribution in [3.8, 4) is 11.1 Å². The molecule has 0 unspecified atom stereocenters. The lowest BCUT2D eigenvalue weighted by Gasteiger charge is -2.36. The van der Waals surface area contributed by atoms with Crippen molar-refractivity contribution in [2.75, 3.05) is 194 Å². The van der Waals surface area contributed by atoms with Gasteiger partial charge in [-0.05, 0) is 98.9 Å². The molecule has 3 aromatic heterocycles. The number of para-hydroxylation sites is 1. The van der Waals surface area contributed by atoms with E-state index in [0.29, 0.717) is 179 Å². The summed E-state index contributed by atoms with van der Waals surface area (Å²) in [5.74, 6) is -1.27. The summed E-state index contributed by atoms with van der Waals surface area (Å²) in [7, 11) is 2.79. The second-order valence-electron chi connectivity index (χ2n) is 23.3. The molecule has 6 N–H and O–H groups in total. The molecule has 9 rings (SSSR count). The predicted octanol–water partition coefficient (Wildman–Crippen LogP) is 4.96. The zero-order chi connectivity index (χ0) is 68.9. The number of benzene rings is 4. The van der Waals surface area contributed by atoms with E-state index in [2.05, 4.69) is 83.6 Å². The number of aryl methyl sites for hydroxylation is 1. The second-order valence-corrected chi connectivity index (χ2v) is 23.7. The number of methoxy groups -OCH3 is 1. The summed E-state index contributed by atoms with van der Waals surface area (Å²) in [5.41, 5.74) is 6.04. The van der Waals surface area contributed by atoms with Crippen LogP contribution in [-0.4, -0.2) is 248 Å². The summed E-state index contributed by atoms with van der Waals surface area (Å²) in [6.07, 6.45) is 4.94. The van der Waals surface area contributed by atoms with Gasteiger partial charge < -0.3 is 74.7 Å². The average Bonchev–Trinajstić information content (AvgIpc) is 1.58. The summed E-state index contributed by atoms with van der Waals surface area (Å²) in [4.78, 5) is 77.2. The molecule has 0 aliphatic carbocycles.